The van der Waals surface area contributed by atoms with Crippen LogP contribution in [0.15, 0.2) is 54.7 Å². The normalized spacial score (nSPS) is 16.0. The first-order valence-corrected chi connectivity index (χ1v) is 11.0. The van der Waals surface area contributed by atoms with Gasteiger partial charge in [-0.1, -0.05) is 30.3 Å². The van der Waals surface area contributed by atoms with Gasteiger partial charge in [0.1, 0.15) is 5.60 Å². The van der Waals surface area contributed by atoms with Gasteiger partial charge in [-0.05, 0) is 63.9 Å². The minimum atomic E-state index is -0.318. The molecule has 0 spiro atoms. The molecule has 1 aliphatic heterocycles. The molecular formula is C25H32N4O3. The molecule has 0 bridgehead atoms. The quantitative estimate of drug-likeness (QED) is 0.598. The number of piperidine rings is 1. The summed E-state index contributed by atoms with van der Waals surface area (Å²) in [4.78, 5) is 22.0. The van der Waals surface area contributed by atoms with Gasteiger partial charge in [0.05, 0.1) is 18.3 Å². The van der Waals surface area contributed by atoms with E-state index in [4.69, 9.17) is 0 Å². The van der Waals surface area contributed by atoms with Gasteiger partial charge in [0.15, 0.2) is 0 Å². The van der Waals surface area contributed by atoms with Crippen molar-refractivity contribution in [3.63, 3.8) is 0 Å². The Bertz CT molecular complexity index is 1020. The Kier molecular flexibility index (Phi) is 8.00. The minimum Gasteiger partial charge on any atom is -0.462 e. The molecule has 1 unspecified atom stereocenters. The SMILES string of the molecule is CC(C)(C)OC=O.O=C(NC1CCCNC1)c1ccc(Cn2ncc3ccccc32)cc1. The van der Waals surface area contributed by atoms with E-state index in [1.54, 1.807) is 0 Å². The van der Waals surface area contributed by atoms with Gasteiger partial charge >= 0.3 is 0 Å². The van der Waals surface area contributed by atoms with Gasteiger partial charge in [0.25, 0.3) is 12.4 Å². The first kappa shape index (κ1) is 23.5. The third-order valence-corrected chi connectivity index (χ3v) is 5.13. The van der Waals surface area contributed by atoms with E-state index < -0.39 is 0 Å². The molecular weight excluding hydrogens is 404 g/mol. The molecule has 1 fully saturated rings. The van der Waals surface area contributed by atoms with Crippen LogP contribution in [0.4, 0.5) is 0 Å². The predicted octanol–water partition coefficient (Wildman–Crippen LogP) is 3.52. The van der Waals surface area contributed by atoms with Crippen molar-refractivity contribution in [1.29, 1.82) is 0 Å². The van der Waals surface area contributed by atoms with Crippen molar-refractivity contribution in [3.8, 4) is 0 Å². The van der Waals surface area contributed by atoms with Crippen LogP contribution in [0.2, 0.25) is 0 Å². The Balaban J connectivity index is 0.000000360. The highest BCUT2D eigenvalue weighted by atomic mass is 16.5. The van der Waals surface area contributed by atoms with Crippen molar-refractivity contribution in [3.05, 3.63) is 65.9 Å². The van der Waals surface area contributed by atoms with Gasteiger partial charge < -0.3 is 15.4 Å². The average Bonchev–Trinajstić information content (AvgIpc) is 3.17. The first-order chi connectivity index (χ1) is 15.4. The molecule has 4 rings (SSSR count). The lowest BCUT2D eigenvalue weighted by Crippen LogP contribution is -2.45. The zero-order valence-corrected chi connectivity index (χ0v) is 19.0. The number of aromatic nitrogens is 2. The van der Waals surface area contributed by atoms with Crippen LogP contribution in [-0.4, -0.2) is 46.9 Å². The van der Waals surface area contributed by atoms with E-state index >= 15 is 0 Å². The number of rotatable bonds is 5. The van der Waals surface area contributed by atoms with E-state index in [1.165, 1.54) is 0 Å². The zero-order chi connectivity index (χ0) is 23.0. The van der Waals surface area contributed by atoms with Crippen molar-refractivity contribution in [1.82, 2.24) is 20.4 Å². The number of amides is 1. The molecule has 170 valence electrons. The largest absolute Gasteiger partial charge is 0.462 e. The summed E-state index contributed by atoms with van der Waals surface area (Å²) in [5, 5.41) is 12.0. The molecule has 7 nitrogen and oxygen atoms in total. The smallest absolute Gasteiger partial charge is 0.293 e. The third kappa shape index (κ3) is 6.92. The van der Waals surface area contributed by atoms with Crippen LogP contribution >= 0.6 is 0 Å². The van der Waals surface area contributed by atoms with E-state index in [0.29, 0.717) is 18.6 Å². The Morgan fingerprint density at radius 1 is 1.22 bits per heavy atom. The summed E-state index contributed by atoms with van der Waals surface area (Å²) in [6.07, 6.45) is 4.04. The van der Waals surface area contributed by atoms with Gasteiger partial charge in [-0.15, -0.1) is 0 Å². The molecule has 1 amide bonds. The van der Waals surface area contributed by atoms with Crippen molar-refractivity contribution in [2.45, 2.75) is 51.8 Å². The maximum absolute atomic E-state index is 12.4. The number of fused-ring (bicyclic) bond motifs is 1. The summed E-state index contributed by atoms with van der Waals surface area (Å²) >= 11 is 0. The van der Waals surface area contributed by atoms with Gasteiger partial charge in [0, 0.05) is 23.5 Å². The second-order valence-corrected chi connectivity index (χ2v) is 8.90. The molecule has 1 atom stereocenters. The van der Waals surface area contributed by atoms with Crippen molar-refractivity contribution in [2.75, 3.05) is 13.1 Å². The topological polar surface area (TPSA) is 85.3 Å². The Hall–Kier alpha value is -3.19. The van der Waals surface area contributed by atoms with Gasteiger partial charge in [0.2, 0.25) is 0 Å². The van der Waals surface area contributed by atoms with Crippen LogP contribution in [0.25, 0.3) is 10.9 Å². The average molecular weight is 437 g/mol. The molecule has 2 N–H and O–H groups in total. The van der Waals surface area contributed by atoms with E-state index in [9.17, 15) is 9.59 Å². The number of benzene rings is 2. The predicted molar refractivity (Wildman–Crippen MR) is 126 cm³/mol. The molecule has 7 heteroatoms. The molecule has 1 aromatic heterocycles. The molecule has 2 aromatic carbocycles. The molecule has 3 aromatic rings. The third-order valence-electron chi connectivity index (χ3n) is 5.13. The van der Waals surface area contributed by atoms with Gasteiger partial charge in [-0.3, -0.25) is 14.3 Å². The summed E-state index contributed by atoms with van der Waals surface area (Å²) in [5.74, 6) is 0.00443. The highest BCUT2D eigenvalue weighted by Gasteiger charge is 2.16. The Morgan fingerprint density at radius 2 is 1.97 bits per heavy atom. The lowest BCUT2D eigenvalue weighted by molar-refractivity contribution is -0.138. The van der Waals surface area contributed by atoms with E-state index in [1.807, 2.05) is 68.0 Å². The number of para-hydroxylation sites is 1. The van der Waals surface area contributed by atoms with Crippen LogP contribution < -0.4 is 10.6 Å². The summed E-state index contributed by atoms with van der Waals surface area (Å²) in [6, 6.07) is 16.2. The molecule has 0 radical (unpaired) electrons. The lowest BCUT2D eigenvalue weighted by atomic mass is 10.1. The number of ether oxygens (including phenoxy) is 1. The van der Waals surface area contributed by atoms with Crippen molar-refractivity contribution < 1.29 is 14.3 Å². The standard InChI is InChI=1S/C20H22N4O.C5H10O2/c25-20(23-18-5-3-11-21-13-18)16-9-7-15(8-10-16)14-24-19-6-2-1-4-17(19)12-22-24;1-5(2,3)7-4-6/h1-2,4,6-10,12,18,21H,3,5,11,13-14H2,(H,23,25);4H,1-3H3. The highest BCUT2D eigenvalue weighted by Crippen LogP contribution is 2.15. The van der Waals surface area contributed by atoms with Crippen LogP contribution in [0.1, 0.15) is 49.5 Å². The number of hydrogen-bond acceptors (Lipinski definition) is 5. The van der Waals surface area contributed by atoms with Crippen LogP contribution in [-0.2, 0) is 16.1 Å². The number of nitrogens with one attached hydrogen (secondary N) is 2. The fourth-order valence-electron chi connectivity index (χ4n) is 3.47. The Morgan fingerprint density at radius 3 is 2.59 bits per heavy atom. The van der Waals surface area contributed by atoms with Crippen LogP contribution in [0.3, 0.4) is 0 Å². The van der Waals surface area contributed by atoms with Crippen LogP contribution in [0.5, 0.6) is 0 Å². The van der Waals surface area contributed by atoms with Crippen molar-refractivity contribution >= 4 is 23.3 Å². The summed E-state index contributed by atoms with van der Waals surface area (Å²) in [5.41, 5.74) is 2.64. The summed E-state index contributed by atoms with van der Waals surface area (Å²) < 4.78 is 6.53. The second kappa shape index (κ2) is 10.9. The van der Waals surface area contributed by atoms with E-state index in [-0.39, 0.29) is 17.6 Å². The molecule has 1 saturated heterocycles. The molecule has 0 saturated carbocycles. The van der Waals surface area contributed by atoms with Gasteiger partial charge in [-0.2, -0.15) is 5.10 Å². The monoisotopic (exact) mass is 436 g/mol. The minimum absolute atomic E-state index is 0.00443. The molecule has 0 aliphatic carbocycles. The number of carbonyl (C=O) groups is 2. The molecule has 1 aliphatic rings. The fourth-order valence-corrected chi connectivity index (χ4v) is 3.47. The second-order valence-electron chi connectivity index (χ2n) is 8.90. The lowest BCUT2D eigenvalue weighted by Gasteiger charge is -2.23. The molecule has 32 heavy (non-hydrogen) atoms. The number of carbonyl (C=O) groups excluding carboxylic acids is 2. The fraction of sp³-hybridized carbons (Fsp3) is 0.400. The zero-order valence-electron chi connectivity index (χ0n) is 19.0. The summed E-state index contributed by atoms with van der Waals surface area (Å²) in [6.45, 7) is 8.52. The highest BCUT2D eigenvalue weighted by molar-refractivity contribution is 5.94. The van der Waals surface area contributed by atoms with E-state index in [2.05, 4.69) is 32.6 Å². The Labute approximate surface area is 189 Å². The van der Waals surface area contributed by atoms with Crippen molar-refractivity contribution in [2.24, 2.45) is 0 Å². The van der Waals surface area contributed by atoms with Crippen LogP contribution in [0, 0.1) is 0 Å². The van der Waals surface area contributed by atoms with Gasteiger partial charge in [-0.25, -0.2) is 0 Å². The summed E-state index contributed by atoms with van der Waals surface area (Å²) in [7, 11) is 0. The number of hydrogen-bond donors (Lipinski definition) is 2. The first-order valence-electron chi connectivity index (χ1n) is 11.0. The number of nitrogens with zero attached hydrogens (tertiary/aromatic N) is 2. The maximum atomic E-state index is 12.4. The van der Waals surface area contributed by atoms with E-state index in [0.717, 1.165) is 42.4 Å². The maximum Gasteiger partial charge on any atom is 0.293 e. The molecule has 2 heterocycles.